The van der Waals surface area contributed by atoms with Crippen LogP contribution in [0, 0.1) is 20.8 Å². The molecule has 0 saturated heterocycles. The van der Waals surface area contributed by atoms with Crippen LogP contribution in [0.3, 0.4) is 0 Å². The van der Waals surface area contributed by atoms with Crippen LogP contribution in [-0.4, -0.2) is 23.3 Å². The molecule has 0 saturated carbocycles. The largest absolute Gasteiger partial charge is 0.454 e. The number of rotatable bonds is 5. The zero-order valence-corrected chi connectivity index (χ0v) is 19.7. The summed E-state index contributed by atoms with van der Waals surface area (Å²) in [5.41, 5.74) is 6.57. The number of ketones is 1. The van der Waals surface area contributed by atoms with E-state index in [-0.39, 0.29) is 12.4 Å². The number of hydrogen-bond donors (Lipinski definition) is 0. The molecule has 1 aromatic heterocycles. The van der Waals surface area contributed by atoms with Gasteiger partial charge in [0.2, 0.25) is 0 Å². The standard InChI is InChI=1S/C27H22BrNO3/c1-16-4-7-19(8-5-16)26(30)15-32-27(31)23-14-25(20-9-6-17(2)18(3)12-20)29-24-11-10-21(28)13-22(23)24/h4-14H,15H2,1-3H3. The molecule has 0 N–H and O–H groups in total. The zero-order chi connectivity index (χ0) is 22.8. The van der Waals surface area contributed by atoms with Gasteiger partial charge in [-0.2, -0.15) is 0 Å². The van der Waals surface area contributed by atoms with Crippen molar-refractivity contribution in [2.24, 2.45) is 0 Å². The smallest absolute Gasteiger partial charge is 0.339 e. The second kappa shape index (κ2) is 9.05. The van der Waals surface area contributed by atoms with Crippen molar-refractivity contribution in [2.75, 3.05) is 6.61 Å². The zero-order valence-electron chi connectivity index (χ0n) is 18.1. The van der Waals surface area contributed by atoms with Crippen LogP contribution in [0.5, 0.6) is 0 Å². The maximum Gasteiger partial charge on any atom is 0.339 e. The lowest BCUT2D eigenvalue weighted by Crippen LogP contribution is -2.15. The van der Waals surface area contributed by atoms with Gasteiger partial charge in [-0.25, -0.2) is 9.78 Å². The first-order chi connectivity index (χ1) is 15.3. The Bertz CT molecular complexity index is 1340. The number of Topliss-reactive ketones (excluding diaryl/α,β-unsaturated/α-hetero) is 1. The van der Waals surface area contributed by atoms with Crippen molar-refractivity contribution in [3.63, 3.8) is 0 Å². The number of benzene rings is 3. The second-order valence-corrected chi connectivity index (χ2v) is 8.80. The van der Waals surface area contributed by atoms with Gasteiger partial charge in [-0.1, -0.05) is 57.9 Å². The summed E-state index contributed by atoms with van der Waals surface area (Å²) in [6, 6.07) is 20.6. The van der Waals surface area contributed by atoms with E-state index in [1.165, 1.54) is 5.56 Å². The monoisotopic (exact) mass is 487 g/mol. The van der Waals surface area contributed by atoms with Gasteiger partial charge in [-0.15, -0.1) is 0 Å². The third kappa shape index (κ3) is 4.63. The lowest BCUT2D eigenvalue weighted by Gasteiger charge is -2.11. The van der Waals surface area contributed by atoms with Crippen LogP contribution in [0.2, 0.25) is 0 Å². The Balaban J connectivity index is 1.68. The predicted octanol–water partition coefficient (Wildman–Crippen LogP) is 6.63. The van der Waals surface area contributed by atoms with Gasteiger partial charge in [0, 0.05) is 21.0 Å². The minimum atomic E-state index is -0.555. The minimum absolute atomic E-state index is 0.243. The molecule has 0 fully saturated rings. The van der Waals surface area contributed by atoms with Crippen molar-refractivity contribution in [3.05, 3.63) is 99.0 Å². The number of aromatic nitrogens is 1. The molecule has 0 aliphatic rings. The van der Waals surface area contributed by atoms with Crippen molar-refractivity contribution in [2.45, 2.75) is 20.8 Å². The molecule has 0 radical (unpaired) electrons. The van der Waals surface area contributed by atoms with Gasteiger partial charge in [0.15, 0.2) is 12.4 Å². The minimum Gasteiger partial charge on any atom is -0.454 e. The third-order valence-corrected chi connectivity index (χ3v) is 5.99. The summed E-state index contributed by atoms with van der Waals surface area (Å²) < 4.78 is 6.25. The molecule has 4 rings (SSSR count). The number of aryl methyl sites for hydroxylation is 3. The lowest BCUT2D eigenvalue weighted by atomic mass is 10.0. The molecular weight excluding hydrogens is 466 g/mol. The topological polar surface area (TPSA) is 56.3 Å². The van der Waals surface area contributed by atoms with E-state index in [4.69, 9.17) is 9.72 Å². The molecule has 4 aromatic rings. The van der Waals surface area contributed by atoms with E-state index in [0.29, 0.717) is 27.7 Å². The highest BCUT2D eigenvalue weighted by molar-refractivity contribution is 9.10. The lowest BCUT2D eigenvalue weighted by molar-refractivity contribution is 0.0476. The highest BCUT2D eigenvalue weighted by Crippen LogP contribution is 2.28. The molecule has 0 atom stereocenters. The fourth-order valence-corrected chi connectivity index (χ4v) is 3.81. The van der Waals surface area contributed by atoms with Crippen LogP contribution < -0.4 is 0 Å². The SMILES string of the molecule is Cc1ccc(C(=O)COC(=O)c2cc(-c3ccc(C)c(C)c3)nc3ccc(Br)cc23)cc1. The summed E-state index contributed by atoms with van der Waals surface area (Å²) in [5.74, 6) is -0.798. The molecule has 1 heterocycles. The molecule has 0 aliphatic carbocycles. The quantitative estimate of drug-likeness (QED) is 0.234. The van der Waals surface area contributed by atoms with Crippen molar-refractivity contribution < 1.29 is 14.3 Å². The van der Waals surface area contributed by atoms with Crippen LogP contribution in [0.25, 0.3) is 22.2 Å². The number of ether oxygens (including phenoxy) is 1. The molecule has 0 bridgehead atoms. The molecule has 0 aliphatic heterocycles. The van der Waals surface area contributed by atoms with Gasteiger partial charge in [0.1, 0.15) is 0 Å². The average molecular weight is 488 g/mol. The number of esters is 1. The molecular formula is C27H22BrNO3. The summed E-state index contributed by atoms with van der Waals surface area (Å²) in [6.07, 6.45) is 0. The highest BCUT2D eigenvalue weighted by Gasteiger charge is 2.18. The van der Waals surface area contributed by atoms with Crippen LogP contribution in [0.4, 0.5) is 0 Å². The van der Waals surface area contributed by atoms with Gasteiger partial charge in [0.25, 0.3) is 0 Å². The highest BCUT2D eigenvalue weighted by atomic mass is 79.9. The van der Waals surface area contributed by atoms with Crippen molar-refractivity contribution in [1.29, 1.82) is 0 Å². The number of nitrogens with zero attached hydrogens (tertiary/aromatic N) is 1. The normalized spacial score (nSPS) is 10.9. The molecule has 160 valence electrons. The number of hydrogen-bond acceptors (Lipinski definition) is 4. The maximum atomic E-state index is 13.0. The molecule has 0 spiro atoms. The Kier molecular flexibility index (Phi) is 6.19. The second-order valence-electron chi connectivity index (χ2n) is 7.88. The van der Waals surface area contributed by atoms with Crippen LogP contribution in [0.1, 0.15) is 37.4 Å². The van der Waals surface area contributed by atoms with Gasteiger partial charge < -0.3 is 4.74 Å². The summed E-state index contributed by atoms with van der Waals surface area (Å²) >= 11 is 3.46. The maximum absolute atomic E-state index is 13.0. The summed E-state index contributed by atoms with van der Waals surface area (Å²) in [4.78, 5) is 30.3. The van der Waals surface area contributed by atoms with Crippen molar-refractivity contribution in [1.82, 2.24) is 4.98 Å². The van der Waals surface area contributed by atoms with E-state index < -0.39 is 5.97 Å². The van der Waals surface area contributed by atoms with E-state index in [0.717, 1.165) is 21.2 Å². The summed E-state index contributed by atoms with van der Waals surface area (Å²) in [7, 11) is 0. The number of halogens is 1. The molecule has 3 aromatic carbocycles. The van der Waals surface area contributed by atoms with E-state index in [1.54, 1.807) is 18.2 Å². The molecule has 0 amide bonds. The first kappa shape index (κ1) is 21.9. The van der Waals surface area contributed by atoms with Crippen LogP contribution in [-0.2, 0) is 4.74 Å². The van der Waals surface area contributed by atoms with E-state index in [1.807, 2.05) is 56.3 Å². The Morgan fingerprint density at radius 3 is 2.34 bits per heavy atom. The Labute approximate surface area is 195 Å². The Morgan fingerprint density at radius 2 is 1.62 bits per heavy atom. The summed E-state index contributed by atoms with van der Waals surface area (Å²) in [5, 5.41) is 0.666. The first-order valence-electron chi connectivity index (χ1n) is 10.3. The fourth-order valence-electron chi connectivity index (χ4n) is 3.45. The van der Waals surface area contributed by atoms with E-state index >= 15 is 0 Å². The average Bonchev–Trinajstić information content (AvgIpc) is 2.78. The van der Waals surface area contributed by atoms with Crippen LogP contribution >= 0.6 is 15.9 Å². The van der Waals surface area contributed by atoms with E-state index in [2.05, 4.69) is 28.9 Å². The molecule has 4 nitrogen and oxygen atoms in total. The first-order valence-corrected chi connectivity index (χ1v) is 11.1. The van der Waals surface area contributed by atoms with Gasteiger partial charge in [-0.3, -0.25) is 4.79 Å². The molecule has 5 heteroatoms. The van der Waals surface area contributed by atoms with Gasteiger partial charge in [0.05, 0.1) is 16.8 Å². The van der Waals surface area contributed by atoms with Crippen molar-refractivity contribution >= 4 is 38.6 Å². The Hall–Kier alpha value is -3.31. The fraction of sp³-hybridized carbons (Fsp3) is 0.148. The van der Waals surface area contributed by atoms with Crippen LogP contribution in [0.15, 0.2) is 71.2 Å². The van der Waals surface area contributed by atoms with Crippen molar-refractivity contribution in [3.8, 4) is 11.3 Å². The molecule has 32 heavy (non-hydrogen) atoms. The van der Waals surface area contributed by atoms with Gasteiger partial charge >= 0.3 is 5.97 Å². The Morgan fingerprint density at radius 1 is 0.875 bits per heavy atom. The third-order valence-electron chi connectivity index (χ3n) is 5.50. The van der Waals surface area contributed by atoms with Gasteiger partial charge in [-0.05, 0) is 62.2 Å². The predicted molar refractivity (Wildman–Crippen MR) is 130 cm³/mol. The summed E-state index contributed by atoms with van der Waals surface area (Å²) in [6.45, 7) is 5.73. The number of carbonyl (C=O) groups is 2. The number of fused-ring (bicyclic) bond motifs is 1. The number of pyridine rings is 1. The van der Waals surface area contributed by atoms with E-state index in [9.17, 15) is 9.59 Å². The molecule has 0 unspecified atom stereocenters. The number of carbonyl (C=O) groups excluding carboxylic acids is 2.